The van der Waals surface area contributed by atoms with Crippen molar-refractivity contribution < 1.29 is 31.1 Å². The van der Waals surface area contributed by atoms with Crippen LogP contribution in [0.1, 0.15) is 50.0 Å². The van der Waals surface area contributed by atoms with E-state index < -0.39 is 45.3 Å². The molecular formula is C26H30ClF3N6O4S. The molecule has 3 aromatic rings. The predicted molar refractivity (Wildman–Crippen MR) is 150 cm³/mol. The molecular weight excluding hydrogens is 585 g/mol. The highest BCUT2D eigenvalue weighted by atomic mass is 35.5. The summed E-state index contributed by atoms with van der Waals surface area (Å²) in [6.07, 6.45) is -4.13. The number of alkyl halides is 3. The first-order valence-corrected chi connectivity index (χ1v) is 14.3. The zero-order valence-corrected chi connectivity index (χ0v) is 24.1. The molecule has 2 unspecified atom stereocenters. The molecule has 0 radical (unpaired) electrons. The van der Waals surface area contributed by atoms with Gasteiger partial charge < -0.3 is 20.7 Å². The molecule has 0 spiro atoms. The third-order valence-corrected chi connectivity index (χ3v) is 7.95. The van der Waals surface area contributed by atoms with Crippen molar-refractivity contribution in [3.8, 4) is 11.1 Å². The van der Waals surface area contributed by atoms with E-state index in [1.54, 1.807) is 20.8 Å². The number of aromatic nitrogens is 3. The van der Waals surface area contributed by atoms with Gasteiger partial charge in [0.05, 0.1) is 15.8 Å². The van der Waals surface area contributed by atoms with E-state index in [9.17, 15) is 26.4 Å². The SMILES string of the molecule is CC(C)(C)OC(=O)N1CCCC(C(c2ccc(-c3c(Cl)cc(Nc4n[nH]c(N)n4)cc3C(F)(F)F)cc2)[SH](=O)=O)C1. The standard InChI is InChI=1S/C26H30ClF3N6O4S/c1-25(2,3)40-24(37)36-10-4-5-16(13-36)21(41(38)39)15-8-6-14(7-9-15)20-18(26(28,29)30)11-17(12-19(20)27)32-23-33-22(31)34-35-23/h6-9,11-12,16,21,41H,4-5,10,13H2,1-3H3,(H4,31,32,33,34,35). The largest absolute Gasteiger partial charge is 0.444 e. The molecule has 0 aliphatic carbocycles. The van der Waals surface area contributed by atoms with Crippen LogP contribution in [0.5, 0.6) is 0 Å². The van der Waals surface area contributed by atoms with E-state index in [1.807, 2.05) is 0 Å². The molecule has 1 amide bonds. The molecule has 1 fully saturated rings. The molecule has 2 atom stereocenters. The molecule has 1 aliphatic heterocycles. The number of nitrogens with one attached hydrogen (secondary N) is 2. The lowest BCUT2D eigenvalue weighted by molar-refractivity contribution is -0.137. The number of hydrogen-bond acceptors (Lipinski definition) is 8. The van der Waals surface area contributed by atoms with Gasteiger partial charge in [-0.3, -0.25) is 0 Å². The van der Waals surface area contributed by atoms with Crippen molar-refractivity contribution in [3.63, 3.8) is 0 Å². The van der Waals surface area contributed by atoms with Gasteiger partial charge in [-0.1, -0.05) is 35.9 Å². The number of carbonyl (C=O) groups excluding carboxylic acids is 1. The third kappa shape index (κ3) is 7.41. The molecule has 41 heavy (non-hydrogen) atoms. The number of carbonyl (C=O) groups is 1. The van der Waals surface area contributed by atoms with Crippen LogP contribution in [0.15, 0.2) is 36.4 Å². The van der Waals surface area contributed by atoms with Gasteiger partial charge >= 0.3 is 12.3 Å². The van der Waals surface area contributed by atoms with E-state index in [4.69, 9.17) is 22.1 Å². The summed E-state index contributed by atoms with van der Waals surface area (Å²) in [5.74, 6) is -0.461. The zero-order chi connectivity index (χ0) is 30.1. The second kappa shape index (κ2) is 11.8. The molecule has 0 saturated carbocycles. The fourth-order valence-corrected chi connectivity index (χ4v) is 6.16. The first-order valence-electron chi connectivity index (χ1n) is 12.7. The summed E-state index contributed by atoms with van der Waals surface area (Å²) in [6.45, 7) is 5.87. The first-order chi connectivity index (χ1) is 19.1. The van der Waals surface area contributed by atoms with Crippen molar-refractivity contribution in [2.24, 2.45) is 5.92 Å². The Bertz CT molecular complexity index is 1480. The van der Waals surface area contributed by atoms with Crippen molar-refractivity contribution in [3.05, 3.63) is 52.5 Å². The predicted octanol–water partition coefficient (Wildman–Crippen LogP) is 5.77. The lowest BCUT2D eigenvalue weighted by Crippen LogP contribution is -2.44. The summed E-state index contributed by atoms with van der Waals surface area (Å²) in [5.41, 5.74) is 4.06. The maximum atomic E-state index is 14.1. The van der Waals surface area contributed by atoms with Gasteiger partial charge in [0.25, 0.3) is 0 Å². The Kier molecular flexibility index (Phi) is 8.73. The quantitative estimate of drug-likeness (QED) is 0.256. The fourth-order valence-electron chi connectivity index (χ4n) is 4.83. The van der Waals surface area contributed by atoms with E-state index in [2.05, 4.69) is 20.5 Å². The maximum absolute atomic E-state index is 14.1. The summed E-state index contributed by atoms with van der Waals surface area (Å²) >= 11 is 6.35. The number of H-pyrrole nitrogens is 1. The Balaban J connectivity index is 1.62. The number of nitrogens with zero attached hydrogens (tertiary/aromatic N) is 3. The Labute approximate surface area is 241 Å². The zero-order valence-electron chi connectivity index (χ0n) is 22.5. The number of nitrogens with two attached hydrogens (primary N) is 1. The summed E-state index contributed by atoms with van der Waals surface area (Å²) in [4.78, 5) is 17.9. The van der Waals surface area contributed by atoms with Crippen LogP contribution in [0.4, 0.5) is 35.5 Å². The van der Waals surface area contributed by atoms with Crippen LogP contribution in [0.3, 0.4) is 0 Å². The Morgan fingerprint density at radius 3 is 2.46 bits per heavy atom. The number of hydrogen-bond donors (Lipinski definition) is 4. The number of nitrogen functional groups attached to an aromatic ring is 1. The van der Waals surface area contributed by atoms with Crippen molar-refractivity contribution >= 4 is 46.0 Å². The molecule has 4 rings (SSSR count). The highest BCUT2D eigenvalue weighted by Gasteiger charge is 2.37. The average molecular weight is 615 g/mol. The maximum Gasteiger partial charge on any atom is 0.417 e. The molecule has 15 heteroatoms. The van der Waals surface area contributed by atoms with E-state index in [1.165, 1.54) is 35.2 Å². The van der Waals surface area contributed by atoms with E-state index in [0.29, 0.717) is 24.9 Å². The molecule has 10 nitrogen and oxygen atoms in total. The number of anilines is 3. The van der Waals surface area contributed by atoms with Gasteiger partial charge in [0, 0.05) is 24.3 Å². The fraction of sp³-hybridized carbons (Fsp3) is 0.423. The average Bonchev–Trinajstić information content (AvgIpc) is 3.27. The number of ether oxygens (including phenoxy) is 1. The van der Waals surface area contributed by atoms with Crippen LogP contribution in [0.2, 0.25) is 5.02 Å². The van der Waals surface area contributed by atoms with Gasteiger partial charge in [-0.2, -0.15) is 18.2 Å². The Hall–Kier alpha value is -3.52. The van der Waals surface area contributed by atoms with Crippen LogP contribution in [0.25, 0.3) is 11.1 Å². The normalized spacial score (nSPS) is 17.0. The first kappa shape index (κ1) is 30.4. The van der Waals surface area contributed by atoms with Crippen molar-refractivity contribution in [1.29, 1.82) is 0 Å². The number of halogens is 4. The number of aromatic amines is 1. The molecule has 222 valence electrons. The number of rotatable bonds is 6. The lowest BCUT2D eigenvalue weighted by Gasteiger charge is -2.36. The minimum Gasteiger partial charge on any atom is -0.444 e. The number of piperidine rings is 1. The van der Waals surface area contributed by atoms with Crippen LogP contribution in [-0.2, 0) is 21.6 Å². The summed E-state index contributed by atoms with van der Waals surface area (Å²) in [6, 6.07) is 7.97. The topological polar surface area (TPSA) is 143 Å². The summed E-state index contributed by atoms with van der Waals surface area (Å²) < 4.78 is 72.6. The number of likely N-dealkylation sites (tertiary alicyclic amines) is 1. The van der Waals surface area contributed by atoms with Gasteiger partial charge in [0.1, 0.15) is 16.3 Å². The van der Waals surface area contributed by atoms with Crippen LogP contribution in [-0.4, -0.2) is 53.3 Å². The highest BCUT2D eigenvalue weighted by molar-refractivity contribution is 7.72. The van der Waals surface area contributed by atoms with Gasteiger partial charge in [0.2, 0.25) is 11.9 Å². The Morgan fingerprint density at radius 1 is 1.22 bits per heavy atom. The lowest BCUT2D eigenvalue weighted by atomic mass is 9.89. The van der Waals surface area contributed by atoms with E-state index >= 15 is 0 Å². The molecule has 0 bridgehead atoms. The summed E-state index contributed by atoms with van der Waals surface area (Å²) in [5, 5.41) is 7.62. The molecule has 2 heterocycles. The number of benzene rings is 2. The molecule has 4 N–H and O–H groups in total. The molecule has 1 aromatic heterocycles. The van der Waals surface area contributed by atoms with Gasteiger partial charge in [-0.15, -0.1) is 5.10 Å². The van der Waals surface area contributed by atoms with Gasteiger partial charge in [-0.25, -0.2) is 18.3 Å². The minimum atomic E-state index is -4.76. The van der Waals surface area contributed by atoms with Crippen molar-refractivity contribution in [1.82, 2.24) is 20.1 Å². The third-order valence-electron chi connectivity index (χ3n) is 6.48. The second-order valence-corrected chi connectivity index (χ2v) is 12.3. The summed E-state index contributed by atoms with van der Waals surface area (Å²) in [7, 11) is -2.97. The van der Waals surface area contributed by atoms with E-state index in [0.717, 1.165) is 6.07 Å². The van der Waals surface area contributed by atoms with Crippen LogP contribution in [0, 0.1) is 5.92 Å². The van der Waals surface area contributed by atoms with E-state index in [-0.39, 0.29) is 40.3 Å². The Morgan fingerprint density at radius 2 is 1.90 bits per heavy atom. The van der Waals surface area contributed by atoms with Crippen LogP contribution < -0.4 is 11.1 Å². The highest BCUT2D eigenvalue weighted by Crippen LogP contribution is 2.44. The molecule has 2 aromatic carbocycles. The van der Waals surface area contributed by atoms with Crippen molar-refractivity contribution in [2.45, 2.75) is 50.6 Å². The molecule has 1 aliphatic rings. The monoisotopic (exact) mass is 614 g/mol. The smallest absolute Gasteiger partial charge is 0.417 e. The minimum absolute atomic E-state index is 0.00282. The van der Waals surface area contributed by atoms with Crippen molar-refractivity contribution in [2.75, 3.05) is 24.1 Å². The second-order valence-electron chi connectivity index (χ2n) is 10.7. The van der Waals surface area contributed by atoms with Crippen LogP contribution >= 0.6 is 11.6 Å². The number of amides is 1. The van der Waals surface area contributed by atoms with Gasteiger partial charge in [0.15, 0.2) is 0 Å². The van der Waals surface area contributed by atoms with Gasteiger partial charge in [-0.05, 0) is 62.8 Å². The number of thiol groups is 1. The molecule has 1 saturated heterocycles.